The number of carbonyl (C=O) groups is 1. The highest BCUT2D eigenvalue weighted by Crippen LogP contribution is 2.40. The van der Waals surface area contributed by atoms with Gasteiger partial charge in [0.15, 0.2) is 15.0 Å². The van der Waals surface area contributed by atoms with Crippen molar-refractivity contribution >= 4 is 38.4 Å². The van der Waals surface area contributed by atoms with Crippen LogP contribution in [0, 0.1) is 0 Å². The summed E-state index contributed by atoms with van der Waals surface area (Å²) >= 11 is 1.39. The summed E-state index contributed by atoms with van der Waals surface area (Å²) in [6.45, 7) is 0. The van der Waals surface area contributed by atoms with Crippen molar-refractivity contribution in [2.24, 2.45) is 4.99 Å². The topological polar surface area (TPSA) is 76.0 Å². The fourth-order valence-electron chi connectivity index (χ4n) is 3.52. The number of nitrogens with zero attached hydrogens (tertiary/aromatic N) is 2. The van der Waals surface area contributed by atoms with Crippen LogP contribution in [0.4, 0.5) is 5.69 Å². The highest BCUT2D eigenvalue weighted by Gasteiger charge is 2.49. The first-order chi connectivity index (χ1) is 13.4. The van der Waals surface area contributed by atoms with E-state index in [1.54, 1.807) is 7.11 Å². The minimum atomic E-state index is -3.07. The van der Waals surface area contributed by atoms with Crippen molar-refractivity contribution in [2.45, 2.75) is 17.7 Å². The van der Waals surface area contributed by atoms with E-state index in [9.17, 15) is 13.2 Å². The molecule has 2 fully saturated rings. The molecule has 2 saturated heterocycles. The predicted molar refractivity (Wildman–Crippen MR) is 112 cm³/mol. The maximum atomic E-state index is 12.6. The number of methoxy groups -OCH3 is 1. The molecule has 0 radical (unpaired) electrons. The van der Waals surface area contributed by atoms with Crippen molar-refractivity contribution in [1.82, 2.24) is 0 Å². The van der Waals surface area contributed by atoms with Crippen LogP contribution in [0.5, 0.6) is 5.75 Å². The van der Waals surface area contributed by atoms with Crippen molar-refractivity contribution in [3.63, 3.8) is 0 Å². The molecule has 4 rings (SSSR count). The van der Waals surface area contributed by atoms with E-state index in [0.29, 0.717) is 5.17 Å². The summed E-state index contributed by atoms with van der Waals surface area (Å²) in [6.07, 6.45) is 0.185. The number of amides is 1. The van der Waals surface area contributed by atoms with Crippen LogP contribution in [-0.2, 0) is 21.1 Å². The molecule has 2 heterocycles. The molecular weight excluding hydrogens is 396 g/mol. The minimum absolute atomic E-state index is 0.0885. The molecule has 0 aromatic heterocycles. The van der Waals surface area contributed by atoms with E-state index >= 15 is 0 Å². The number of aliphatic imine (C=N–C) groups is 1. The van der Waals surface area contributed by atoms with Crippen LogP contribution in [-0.4, -0.2) is 49.4 Å². The number of para-hydroxylation sites is 1. The van der Waals surface area contributed by atoms with E-state index in [2.05, 4.69) is 4.99 Å². The molecule has 28 heavy (non-hydrogen) atoms. The van der Waals surface area contributed by atoms with Crippen LogP contribution in [0.25, 0.3) is 0 Å². The van der Waals surface area contributed by atoms with E-state index in [-0.39, 0.29) is 35.1 Å². The number of hydrogen-bond donors (Lipinski definition) is 0. The molecule has 0 N–H and O–H groups in total. The molecule has 146 valence electrons. The Kier molecular flexibility index (Phi) is 5.16. The number of carbonyl (C=O) groups excluding carboxylic acids is 1. The Labute approximate surface area is 168 Å². The van der Waals surface area contributed by atoms with Gasteiger partial charge in [-0.15, -0.1) is 0 Å². The Bertz CT molecular complexity index is 1000. The summed E-state index contributed by atoms with van der Waals surface area (Å²) in [5, 5.41) is 0.479. The zero-order valence-electron chi connectivity index (χ0n) is 15.3. The van der Waals surface area contributed by atoms with E-state index in [1.807, 2.05) is 59.5 Å². The van der Waals surface area contributed by atoms with Crippen molar-refractivity contribution in [1.29, 1.82) is 0 Å². The Hall–Kier alpha value is -2.32. The molecule has 1 amide bonds. The number of thioether (sulfide) groups is 1. The van der Waals surface area contributed by atoms with E-state index in [4.69, 9.17) is 4.74 Å². The van der Waals surface area contributed by atoms with Crippen LogP contribution in [0.15, 0.2) is 59.6 Å². The van der Waals surface area contributed by atoms with Crippen molar-refractivity contribution in [2.75, 3.05) is 23.5 Å². The van der Waals surface area contributed by atoms with Crippen LogP contribution >= 0.6 is 11.8 Å². The number of benzene rings is 2. The van der Waals surface area contributed by atoms with Gasteiger partial charge in [0.25, 0.3) is 5.91 Å². The van der Waals surface area contributed by atoms with Gasteiger partial charge in [0, 0.05) is 10.9 Å². The summed E-state index contributed by atoms with van der Waals surface area (Å²) < 4.78 is 29.3. The summed E-state index contributed by atoms with van der Waals surface area (Å²) in [5.74, 6) is 0.692. The second kappa shape index (κ2) is 7.60. The molecule has 0 spiro atoms. The van der Waals surface area contributed by atoms with Gasteiger partial charge in [0.1, 0.15) is 5.75 Å². The molecule has 0 saturated carbocycles. The van der Waals surface area contributed by atoms with Crippen molar-refractivity contribution in [3.05, 3.63) is 60.2 Å². The lowest BCUT2D eigenvalue weighted by Crippen LogP contribution is -2.37. The summed E-state index contributed by atoms with van der Waals surface area (Å²) in [4.78, 5) is 18.8. The Morgan fingerprint density at radius 1 is 1.14 bits per heavy atom. The first-order valence-corrected chi connectivity index (χ1v) is 11.6. The van der Waals surface area contributed by atoms with Gasteiger partial charge in [0.05, 0.1) is 31.1 Å². The first-order valence-electron chi connectivity index (χ1n) is 8.91. The summed E-state index contributed by atoms with van der Waals surface area (Å²) in [6, 6.07) is 16.6. The zero-order chi connectivity index (χ0) is 19.7. The summed E-state index contributed by atoms with van der Waals surface area (Å²) in [7, 11) is -1.47. The van der Waals surface area contributed by atoms with Gasteiger partial charge >= 0.3 is 0 Å². The van der Waals surface area contributed by atoms with Crippen LogP contribution < -0.4 is 9.64 Å². The van der Waals surface area contributed by atoms with Crippen molar-refractivity contribution in [3.8, 4) is 5.75 Å². The SMILES string of the molecule is COc1ccc(CC(=O)N=C2S[C@@H]3CS(=O)(=O)C[C@H]3N2c2ccccc2)cc1. The van der Waals surface area contributed by atoms with E-state index < -0.39 is 9.84 Å². The first kappa shape index (κ1) is 19.0. The number of anilines is 1. The molecule has 2 aromatic carbocycles. The Morgan fingerprint density at radius 3 is 2.54 bits per heavy atom. The van der Waals surface area contributed by atoms with Crippen LogP contribution in [0.3, 0.4) is 0 Å². The molecule has 2 aromatic rings. The van der Waals surface area contributed by atoms with Crippen LogP contribution in [0.1, 0.15) is 5.56 Å². The molecule has 2 aliphatic rings. The van der Waals surface area contributed by atoms with E-state index in [1.165, 1.54) is 11.8 Å². The Balaban J connectivity index is 1.58. The van der Waals surface area contributed by atoms with Crippen LogP contribution in [0.2, 0.25) is 0 Å². The molecule has 6 nitrogen and oxygen atoms in total. The molecule has 0 aliphatic carbocycles. The summed E-state index contributed by atoms with van der Waals surface area (Å²) in [5.41, 5.74) is 1.71. The highest BCUT2D eigenvalue weighted by atomic mass is 32.2. The molecule has 2 atom stereocenters. The fraction of sp³-hybridized carbons (Fsp3) is 0.300. The number of sulfone groups is 1. The third-order valence-corrected chi connectivity index (χ3v) is 8.05. The van der Waals surface area contributed by atoms with Gasteiger partial charge < -0.3 is 9.64 Å². The smallest absolute Gasteiger partial charge is 0.252 e. The number of fused-ring (bicyclic) bond motifs is 1. The maximum Gasteiger partial charge on any atom is 0.252 e. The third kappa shape index (κ3) is 3.93. The molecule has 8 heteroatoms. The van der Waals surface area contributed by atoms with Gasteiger partial charge in [-0.05, 0) is 29.8 Å². The lowest BCUT2D eigenvalue weighted by molar-refractivity contribution is -0.117. The van der Waals surface area contributed by atoms with Crippen molar-refractivity contribution < 1.29 is 17.9 Å². The lowest BCUT2D eigenvalue weighted by Gasteiger charge is -2.24. The average Bonchev–Trinajstić information content (AvgIpc) is 3.13. The van der Waals surface area contributed by atoms with E-state index in [0.717, 1.165) is 17.0 Å². The van der Waals surface area contributed by atoms with Gasteiger partial charge in [0.2, 0.25) is 0 Å². The predicted octanol–water partition coefficient (Wildman–Crippen LogP) is 2.54. The standard InChI is InChI=1S/C20H20N2O4S2/c1-26-16-9-7-14(8-10-16)11-19(23)21-20-22(15-5-3-2-4-6-15)17-12-28(24,25)13-18(17)27-20/h2-10,17-18H,11-13H2,1H3/t17-,18-/m1/s1. The van der Waals surface area contributed by atoms with Gasteiger partial charge in [-0.2, -0.15) is 4.99 Å². The van der Waals surface area contributed by atoms with Gasteiger partial charge in [-0.25, -0.2) is 8.42 Å². The average molecular weight is 417 g/mol. The van der Waals surface area contributed by atoms with Gasteiger partial charge in [-0.1, -0.05) is 42.1 Å². The Morgan fingerprint density at radius 2 is 1.86 bits per heavy atom. The number of amidine groups is 1. The maximum absolute atomic E-state index is 12.6. The highest BCUT2D eigenvalue weighted by molar-refractivity contribution is 8.16. The quantitative estimate of drug-likeness (QED) is 0.762. The minimum Gasteiger partial charge on any atom is -0.497 e. The zero-order valence-corrected chi connectivity index (χ0v) is 16.9. The number of rotatable bonds is 4. The normalized spacial score (nSPS) is 24.3. The molecule has 0 unspecified atom stereocenters. The molecular formula is C20H20N2O4S2. The second-order valence-electron chi connectivity index (χ2n) is 6.82. The lowest BCUT2D eigenvalue weighted by atomic mass is 10.1. The molecule has 0 bridgehead atoms. The largest absolute Gasteiger partial charge is 0.497 e. The van der Waals surface area contributed by atoms with Gasteiger partial charge in [-0.3, -0.25) is 4.79 Å². The fourth-order valence-corrected chi connectivity index (χ4v) is 7.45. The third-order valence-electron chi connectivity index (χ3n) is 4.84. The second-order valence-corrected chi connectivity index (χ2v) is 10.2. The number of hydrogen-bond acceptors (Lipinski definition) is 5. The molecule has 2 aliphatic heterocycles. The monoisotopic (exact) mass is 416 g/mol. The number of ether oxygens (including phenoxy) is 1.